The van der Waals surface area contributed by atoms with Gasteiger partial charge in [-0.2, -0.15) is 0 Å². The normalized spacial score (nSPS) is 11.4. The van der Waals surface area contributed by atoms with Crippen molar-refractivity contribution in [3.63, 3.8) is 0 Å². The van der Waals surface area contributed by atoms with E-state index in [9.17, 15) is 4.39 Å². The van der Waals surface area contributed by atoms with E-state index >= 15 is 0 Å². The number of thiocarbonyl (C=S) groups is 1. The van der Waals surface area contributed by atoms with Gasteiger partial charge in [-0.1, -0.05) is 48.6 Å². The van der Waals surface area contributed by atoms with Crippen molar-refractivity contribution in [2.45, 2.75) is 0 Å². The van der Waals surface area contributed by atoms with Gasteiger partial charge in [0, 0.05) is 11.1 Å². The summed E-state index contributed by atoms with van der Waals surface area (Å²) in [5.74, 6) is 0. The summed E-state index contributed by atoms with van der Waals surface area (Å²) >= 11 is 8.24. The minimum Gasteiger partial charge on any atom is -0.371 e. The SMILES string of the molecule is F/C=C(\Br)NCC(=S)Nc1cccc2ccccc12. The second-order valence-corrected chi connectivity index (χ2v) is 5.23. The number of fused-ring (bicyclic) bond motifs is 1. The van der Waals surface area contributed by atoms with Crippen LogP contribution in [0.2, 0.25) is 0 Å². The van der Waals surface area contributed by atoms with Gasteiger partial charge in [0.05, 0.1) is 11.5 Å². The van der Waals surface area contributed by atoms with Gasteiger partial charge in [-0.05, 0) is 27.4 Å². The van der Waals surface area contributed by atoms with E-state index in [2.05, 4.69) is 26.6 Å². The Morgan fingerprint density at radius 2 is 1.95 bits per heavy atom. The highest BCUT2D eigenvalue weighted by Crippen LogP contribution is 2.22. The summed E-state index contributed by atoms with van der Waals surface area (Å²) in [5.41, 5.74) is 0.949. The maximum atomic E-state index is 12.1. The summed E-state index contributed by atoms with van der Waals surface area (Å²) in [6.07, 6.45) is 0.445. The zero-order valence-corrected chi connectivity index (χ0v) is 12.4. The third kappa shape index (κ3) is 3.75. The third-order valence-electron chi connectivity index (χ3n) is 2.58. The predicted octanol–water partition coefficient (Wildman–Crippen LogP) is 4.33. The highest BCUT2D eigenvalue weighted by molar-refractivity contribution is 9.11. The van der Waals surface area contributed by atoms with Crippen molar-refractivity contribution < 1.29 is 4.39 Å². The van der Waals surface area contributed by atoms with Crippen LogP contribution in [-0.4, -0.2) is 11.5 Å². The Morgan fingerprint density at radius 1 is 1.21 bits per heavy atom. The number of rotatable bonds is 4. The Morgan fingerprint density at radius 3 is 2.74 bits per heavy atom. The van der Waals surface area contributed by atoms with E-state index < -0.39 is 0 Å². The largest absolute Gasteiger partial charge is 0.371 e. The molecule has 0 aliphatic heterocycles. The van der Waals surface area contributed by atoms with Crippen LogP contribution in [0.15, 0.2) is 53.4 Å². The summed E-state index contributed by atoms with van der Waals surface area (Å²) in [6, 6.07) is 14.0. The average molecular weight is 339 g/mol. The maximum Gasteiger partial charge on any atom is 0.117 e. The summed E-state index contributed by atoms with van der Waals surface area (Å²) in [6.45, 7) is 0.361. The van der Waals surface area contributed by atoms with Crippen molar-refractivity contribution in [3.05, 3.63) is 53.4 Å². The van der Waals surface area contributed by atoms with Crippen LogP contribution < -0.4 is 10.6 Å². The molecule has 0 heterocycles. The second kappa shape index (κ2) is 6.63. The van der Waals surface area contributed by atoms with E-state index in [-0.39, 0.29) is 4.61 Å². The summed E-state index contributed by atoms with van der Waals surface area (Å²) in [5, 5.41) is 8.21. The zero-order valence-electron chi connectivity index (χ0n) is 9.99. The number of hydrogen-bond acceptors (Lipinski definition) is 2. The van der Waals surface area contributed by atoms with Gasteiger partial charge in [-0.15, -0.1) is 0 Å². The molecule has 2 aromatic carbocycles. The van der Waals surface area contributed by atoms with Crippen LogP contribution in [0.1, 0.15) is 0 Å². The van der Waals surface area contributed by atoms with Crippen molar-refractivity contribution in [2.75, 3.05) is 11.9 Å². The molecule has 98 valence electrons. The lowest BCUT2D eigenvalue weighted by Gasteiger charge is -2.11. The Balaban J connectivity index is 2.11. The van der Waals surface area contributed by atoms with Crippen molar-refractivity contribution >= 4 is 49.6 Å². The lowest BCUT2D eigenvalue weighted by Crippen LogP contribution is -2.24. The summed E-state index contributed by atoms with van der Waals surface area (Å²) < 4.78 is 12.4. The maximum absolute atomic E-state index is 12.1. The molecule has 0 saturated heterocycles. The van der Waals surface area contributed by atoms with Gasteiger partial charge in [0.25, 0.3) is 0 Å². The first-order chi connectivity index (χ1) is 9.20. The summed E-state index contributed by atoms with van der Waals surface area (Å²) in [4.78, 5) is 0.593. The number of nitrogens with one attached hydrogen (secondary N) is 2. The third-order valence-corrected chi connectivity index (χ3v) is 3.28. The van der Waals surface area contributed by atoms with Gasteiger partial charge < -0.3 is 10.6 Å². The van der Waals surface area contributed by atoms with Crippen LogP contribution in [0, 0.1) is 0 Å². The second-order valence-electron chi connectivity index (χ2n) is 3.89. The molecule has 0 aliphatic rings. The van der Waals surface area contributed by atoms with Gasteiger partial charge in [0.15, 0.2) is 0 Å². The average Bonchev–Trinajstić information content (AvgIpc) is 2.45. The molecule has 2 nitrogen and oxygen atoms in total. The minimum absolute atomic E-state index is 0.273. The molecular weight excluding hydrogens is 327 g/mol. The van der Waals surface area contributed by atoms with Crippen LogP contribution in [0.25, 0.3) is 10.8 Å². The van der Waals surface area contributed by atoms with Crippen molar-refractivity contribution in [1.82, 2.24) is 5.32 Å². The number of benzene rings is 2. The molecule has 2 N–H and O–H groups in total. The van der Waals surface area contributed by atoms with E-state index in [1.807, 2.05) is 42.5 Å². The Kier molecular flexibility index (Phi) is 4.87. The lowest BCUT2D eigenvalue weighted by atomic mass is 10.1. The standard InChI is InChI=1S/C14H12BrFN2S/c15-13(8-16)17-9-14(19)18-12-7-3-5-10-4-1-2-6-11(10)12/h1-8,17H,9H2,(H,18,19)/b13-8+. The number of hydrogen-bond donors (Lipinski definition) is 2. The summed E-state index contributed by atoms with van der Waals surface area (Å²) in [7, 11) is 0. The topological polar surface area (TPSA) is 24.1 Å². The lowest BCUT2D eigenvalue weighted by molar-refractivity contribution is 0.707. The highest BCUT2D eigenvalue weighted by Gasteiger charge is 2.02. The van der Waals surface area contributed by atoms with Crippen LogP contribution in [-0.2, 0) is 0 Å². The number of anilines is 1. The van der Waals surface area contributed by atoms with E-state index in [1.165, 1.54) is 0 Å². The van der Waals surface area contributed by atoms with Crippen LogP contribution in [0.4, 0.5) is 10.1 Å². The van der Waals surface area contributed by atoms with Crippen molar-refractivity contribution in [1.29, 1.82) is 0 Å². The van der Waals surface area contributed by atoms with Crippen LogP contribution in [0.3, 0.4) is 0 Å². The van der Waals surface area contributed by atoms with Crippen LogP contribution >= 0.6 is 28.1 Å². The molecule has 2 aromatic rings. The fraction of sp³-hybridized carbons (Fsp3) is 0.0714. The van der Waals surface area contributed by atoms with E-state index in [0.717, 1.165) is 16.5 Å². The van der Waals surface area contributed by atoms with E-state index in [1.54, 1.807) is 0 Å². The Hall–Kier alpha value is -1.46. The highest BCUT2D eigenvalue weighted by atomic mass is 79.9. The molecule has 0 saturated carbocycles. The smallest absolute Gasteiger partial charge is 0.117 e. The molecule has 0 unspecified atom stereocenters. The van der Waals surface area contributed by atoms with E-state index in [0.29, 0.717) is 17.9 Å². The first-order valence-electron chi connectivity index (χ1n) is 5.68. The molecule has 5 heteroatoms. The number of halogens is 2. The van der Waals surface area contributed by atoms with E-state index in [4.69, 9.17) is 12.2 Å². The monoisotopic (exact) mass is 338 g/mol. The molecule has 0 bridgehead atoms. The molecule has 2 rings (SSSR count). The van der Waals surface area contributed by atoms with Gasteiger partial charge >= 0.3 is 0 Å². The molecule has 0 amide bonds. The van der Waals surface area contributed by atoms with Crippen molar-refractivity contribution in [2.24, 2.45) is 0 Å². The predicted molar refractivity (Wildman–Crippen MR) is 86.3 cm³/mol. The first kappa shape index (κ1) is 14.0. The fourth-order valence-corrected chi connectivity index (χ4v) is 2.05. The molecule has 0 atom stereocenters. The van der Waals surface area contributed by atoms with Gasteiger partial charge in [-0.25, -0.2) is 4.39 Å². The molecule has 0 radical (unpaired) electrons. The molecule has 0 aliphatic carbocycles. The molecule has 0 aromatic heterocycles. The molecule has 19 heavy (non-hydrogen) atoms. The first-order valence-corrected chi connectivity index (χ1v) is 6.88. The quantitative estimate of drug-likeness (QED) is 0.640. The Bertz CT molecular complexity index is 622. The molecular formula is C14H12BrFN2S. The van der Waals surface area contributed by atoms with Gasteiger partial charge in [-0.3, -0.25) is 0 Å². The minimum atomic E-state index is 0.273. The molecule has 0 spiro atoms. The van der Waals surface area contributed by atoms with Gasteiger partial charge in [0.1, 0.15) is 10.9 Å². The van der Waals surface area contributed by atoms with Crippen LogP contribution in [0.5, 0.6) is 0 Å². The zero-order chi connectivity index (χ0) is 13.7. The molecule has 0 fully saturated rings. The van der Waals surface area contributed by atoms with Gasteiger partial charge in [0.2, 0.25) is 0 Å². The van der Waals surface area contributed by atoms with Crippen molar-refractivity contribution in [3.8, 4) is 0 Å². The fourth-order valence-electron chi connectivity index (χ4n) is 1.73. The Labute approximate surface area is 124 Å².